The molecule has 0 unspecified atom stereocenters. The van der Waals surface area contributed by atoms with Crippen LogP contribution in [0.4, 0.5) is 5.69 Å². The van der Waals surface area contributed by atoms with Crippen molar-refractivity contribution in [2.75, 3.05) is 32.1 Å². The minimum absolute atomic E-state index is 0.518. The van der Waals surface area contributed by atoms with Crippen molar-refractivity contribution in [2.45, 2.75) is 24.9 Å². The average molecular weight is 234 g/mol. The number of nitrogens with zero attached hydrogens (tertiary/aromatic N) is 1. The minimum Gasteiger partial charge on any atom is -0.389 e. The summed E-state index contributed by atoms with van der Waals surface area (Å²) in [5, 5.41) is 13.8. The lowest BCUT2D eigenvalue weighted by Crippen LogP contribution is -2.43. The van der Waals surface area contributed by atoms with Gasteiger partial charge in [-0.25, -0.2) is 0 Å². The van der Waals surface area contributed by atoms with Gasteiger partial charge >= 0.3 is 0 Å². The van der Waals surface area contributed by atoms with Crippen LogP contribution in [-0.2, 0) is 6.42 Å². The standard InChI is InChI=1S/C14H22N2O/c1-16(2)13-5-3-4-12(10-13)11-14(17)6-8-15-9-7-14/h3-5,10,15,17H,6-9,11H2,1-2H3. The largest absolute Gasteiger partial charge is 0.389 e. The van der Waals surface area contributed by atoms with Crippen LogP contribution >= 0.6 is 0 Å². The van der Waals surface area contributed by atoms with Crippen LogP contribution in [0.2, 0.25) is 0 Å². The van der Waals surface area contributed by atoms with Crippen molar-refractivity contribution >= 4 is 5.69 Å². The van der Waals surface area contributed by atoms with Crippen LogP contribution in [0.5, 0.6) is 0 Å². The van der Waals surface area contributed by atoms with Gasteiger partial charge in [0.25, 0.3) is 0 Å². The van der Waals surface area contributed by atoms with Gasteiger partial charge in [-0.1, -0.05) is 12.1 Å². The molecule has 0 bridgehead atoms. The molecule has 1 aliphatic rings. The molecule has 0 aromatic heterocycles. The number of piperidine rings is 1. The number of nitrogens with one attached hydrogen (secondary N) is 1. The highest BCUT2D eigenvalue weighted by molar-refractivity contribution is 5.47. The molecule has 0 aliphatic carbocycles. The van der Waals surface area contributed by atoms with E-state index in [1.54, 1.807) is 0 Å². The van der Waals surface area contributed by atoms with E-state index in [0.717, 1.165) is 32.4 Å². The molecule has 1 heterocycles. The van der Waals surface area contributed by atoms with Crippen molar-refractivity contribution in [3.05, 3.63) is 29.8 Å². The Labute approximate surface area is 103 Å². The van der Waals surface area contributed by atoms with Gasteiger partial charge in [0.05, 0.1) is 5.60 Å². The fourth-order valence-corrected chi connectivity index (χ4v) is 2.39. The number of anilines is 1. The van der Waals surface area contributed by atoms with Crippen LogP contribution in [-0.4, -0.2) is 37.9 Å². The number of hydrogen-bond acceptors (Lipinski definition) is 3. The minimum atomic E-state index is -0.518. The third kappa shape index (κ3) is 3.20. The molecular formula is C14H22N2O. The van der Waals surface area contributed by atoms with Gasteiger partial charge in [-0.3, -0.25) is 0 Å². The second-order valence-corrected chi connectivity index (χ2v) is 5.22. The van der Waals surface area contributed by atoms with Crippen molar-refractivity contribution in [2.24, 2.45) is 0 Å². The molecule has 3 nitrogen and oxygen atoms in total. The summed E-state index contributed by atoms with van der Waals surface area (Å²) in [5.41, 5.74) is 1.90. The zero-order valence-corrected chi connectivity index (χ0v) is 10.7. The molecule has 0 saturated carbocycles. The highest BCUT2D eigenvalue weighted by Crippen LogP contribution is 2.25. The second kappa shape index (κ2) is 5.07. The Morgan fingerprint density at radius 3 is 2.65 bits per heavy atom. The van der Waals surface area contributed by atoms with E-state index < -0.39 is 5.60 Å². The summed E-state index contributed by atoms with van der Waals surface area (Å²) in [6, 6.07) is 8.43. The highest BCUT2D eigenvalue weighted by atomic mass is 16.3. The van der Waals surface area contributed by atoms with Gasteiger partial charge in [-0.15, -0.1) is 0 Å². The molecule has 0 radical (unpaired) electrons. The molecule has 0 spiro atoms. The summed E-state index contributed by atoms with van der Waals surface area (Å²) < 4.78 is 0. The summed E-state index contributed by atoms with van der Waals surface area (Å²) in [6.07, 6.45) is 2.45. The molecule has 17 heavy (non-hydrogen) atoms. The first-order valence-corrected chi connectivity index (χ1v) is 6.28. The molecule has 2 rings (SSSR count). The lowest BCUT2D eigenvalue weighted by atomic mass is 9.86. The summed E-state index contributed by atoms with van der Waals surface area (Å²) in [4.78, 5) is 2.09. The van der Waals surface area contributed by atoms with Crippen molar-refractivity contribution < 1.29 is 5.11 Å². The van der Waals surface area contributed by atoms with E-state index in [9.17, 15) is 5.11 Å². The number of aliphatic hydroxyl groups is 1. The summed E-state index contributed by atoms with van der Waals surface area (Å²) in [6.45, 7) is 1.84. The molecule has 0 amide bonds. The zero-order valence-electron chi connectivity index (χ0n) is 10.7. The first kappa shape index (κ1) is 12.4. The highest BCUT2D eigenvalue weighted by Gasteiger charge is 2.29. The van der Waals surface area contributed by atoms with Crippen LogP contribution in [0.15, 0.2) is 24.3 Å². The summed E-state index contributed by atoms with van der Waals surface area (Å²) in [7, 11) is 4.08. The van der Waals surface area contributed by atoms with Crippen LogP contribution in [0, 0.1) is 0 Å². The fourth-order valence-electron chi connectivity index (χ4n) is 2.39. The normalized spacial score (nSPS) is 19.0. The summed E-state index contributed by atoms with van der Waals surface area (Å²) in [5.74, 6) is 0. The SMILES string of the molecule is CN(C)c1cccc(CC2(O)CCNCC2)c1. The second-order valence-electron chi connectivity index (χ2n) is 5.22. The maximum absolute atomic E-state index is 10.5. The maximum Gasteiger partial charge on any atom is 0.0712 e. The van der Waals surface area contributed by atoms with E-state index in [2.05, 4.69) is 34.5 Å². The van der Waals surface area contributed by atoms with Crippen LogP contribution in [0.3, 0.4) is 0 Å². The Morgan fingerprint density at radius 2 is 2.00 bits per heavy atom. The van der Waals surface area contributed by atoms with E-state index in [4.69, 9.17) is 0 Å². The number of benzene rings is 1. The van der Waals surface area contributed by atoms with Crippen LogP contribution < -0.4 is 10.2 Å². The smallest absolute Gasteiger partial charge is 0.0712 e. The quantitative estimate of drug-likeness (QED) is 0.830. The Bertz CT molecular complexity index is 370. The Balaban J connectivity index is 2.09. The van der Waals surface area contributed by atoms with E-state index in [1.165, 1.54) is 11.3 Å². The first-order chi connectivity index (χ1) is 8.09. The zero-order chi connectivity index (χ0) is 12.3. The van der Waals surface area contributed by atoms with Gasteiger partial charge in [0, 0.05) is 26.2 Å². The molecule has 1 fully saturated rings. The first-order valence-electron chi connectivity index (χ1n) is 6.28. The molecular weight excluding hydrogens is 212 g/mol. The van der Waals surface area contributed by atoms with Crippen molar-refractivity contribution in [1.29, 1.82) is 0 Å². The summed E-state index contributed by atoms with van der Waals surface area (Å²) >= 11 is 0. The molecule has 3 heteroatoms. The third-order valence-electron chi connectivity index (χ3n) is 3.49. The molecule has 1 aromatic carbocycles. The molecule has 0 atom stereocenters. The lowest BCUT2D eigenvalue weighted by Gasteiger charge is -2.32. The van der Waals surface area contributed by atoms with Crippen molar-refractivity contribution in [3.8, 4) is 0 Å². The Morgan fingerprint density at radius 1 is 1.29 bits per heavy atom. The van der Waals surface area contributed by atoms with Gasteiger partial charge in [0.2, 0.25) is 0 Å². The van der Waals surface area contributed by atoms with E-state index in [-0.39, 0.29) is 0 Å². The maximum atomic E-state index is 10.5. The van der Waals surface area contributed by atoms with Gasteiger partial charge < -0.3 is 15.3 Å². The lowest BCUT2D eigenvalue weighted by molar-refractivity contribution is 0.0109. The monoisotopic (exact) mass is 234 g/mol. The predicted octanol–water partition coefficient (Wildman–Crippen LogP) is 1.41. The molecule has 1 aromatic rings. The number of hydrogen-bond donors (Lipinski definition) is 2. The Hall–Kier alpha value is -1.06. The predicted molar refractivity (Wildman–Crippen MR) is 71.5 cm³/mol. The Kier molecular flexibility index (Phi) is 3.69. The van der Waals surface area contributed by atoms with Crippen molar-refractivity contribution in [3.63, 3.8) is 0 Å². The molecule has 94 valence electrons. The van der Waals surface area contributed by atoms with Gasteiger partial charge in [0.1, 0.15) is 0 Å². The van der Waals surface area contributed by atoms with E-state index in [0.29, 0.717) is 0 Å². The van der Waals surface area contributed by atoms with Crippen LogP contribution in [0.1, 0.15) is 18.4 Å². The van der Waals surface area contributed by atoms with Gasteiger partial charge in [-0.2, -0.15) is 0 Å². The van der Waals surface area contributed by atoms with Crippen molar-refractivity contribution in [1.82, 2.24) is 5.32 Å². The van der Waals surface area contributed by atoms with Gasteiger partial charge in [0.15, 0.2) is 0 Å². The molecule has 1 saturated heterocycles. The van der Waals surface area contributed by atoms with E-state index in [1.807, 2.05) is 14.1 Å². The third-order valence-corrected chi connectivity index (χ3v) is 3.49. The topological polar surface area (TPSA) is 35.5 Å². The van der Waals surface area contributed by atoms with Crippen LogP contribution in [0.25, 0.3) is 0 Å². The average Bonchev–Trinajstić information content (AvgIpc) is 2.29. The van der Waals surface area contributed by atoms with Gasteiger partial charge in [-0.05, 0) is 43.6 Å². The number of rotatable bonds is 3. The molecule has 2 N–H and O–H groups in total. The fraction of sp³-hybridized carbons (Fsp3) is 0.571. The van der Waals surface area contributed by atoms with E-state index >= 15 is 0 Å². The molecule has 1 aliphatic heterocycles.